The summed E-state index contributed by atoms with van der Waals surface area (Å²) in [4.78, 5) is 22.1. The van der Waals surface area contributed by atoms with Gasteiger partial charge in [0.25, 0.3) is 5.91 Å². The summed E-state index contributed by atoms with van der Waals surface area (Å²) in [5.41, 5.74) is 2.09. The minimum Gasteiger partial charge on any atom is -0.390 e. The summed E-state index contributed by atoms with van der Waals surface area (Å²) in [5.74, 6) is -0.135. The third-order valence-electron chi connectivity index (χ3n) is 3.55. The number of aliphatic hydroxyl groups is 1. The SMILES string of the molecule is CN1CCN(CC(O)CN(C)C(=O)c2cscn2)CC1. The van der Waals surface area contributed by atoms with E-state index in [-0.39, 0.29) is 5.91 Å². The molecule has 0 saturated carbocycles. The second-order valence-electron chi connectivity index (χ2n) is 5.32. The monoisotopic (exact) mass is 298 g/mol. The van der Waals surface area contributed by atoms with Gasteiger partial charge in [0.1, 0.15) is 5.69 Å². The van der Waals surface area contributed by atoms with E-state index in [0.29, 0.717) is 18.8 Å². The Bertz CT molecular complexity index is 418. The fourth-order valence-corrected chi connectivity index (χ4v) is 2.82. The van der Waals surface area contributed by atoms with Crippen LogP contribution in [-0.4, -0.2) is 90.2 Å². The standard InChI is InChI=1S/C13H22N4O2S/c1-15-3-5-17(6-4-15)8-11(18)7-16(2)13(19)12-9-20-10-14-12/h9-11,18H,3-8H2,1-2H3. The zero-order chi connectivity index (χ0) is 14.5. The molecular formula is C13H22N4O2S. The molecule has 1 saturated heterocycles. The van der Waals surface area contributed by atoms with Gasteiger partial charge in [-0.1, -0.05) is 0 Å². The summed E-state index contributed by atoms with van der Waals surface area (Å²) in [6.07, 6.45) is -0.522. The highest BCUT2D eigenvalue weighted by molar-refractivity contribution is 7.07. The number of β-amino-alcohol motifs (C(OH)–C–C–N with tert-alkyl or cyclic N) is 1. The van der Waals surface area contributed by atoms with Crippen LogP contribution in [0.3, 0.4) is 0 Å². The first-order valence-electron chi connectivity index (χ1n) is 6.79. The van der Waals surface area contributed by atoms with Crippen LogP contribution < -0.4 is 0 Å². The third-order valence-corrected chi connectivity index (χ3v) is 4.13. The van der Waals surface area contributed by atoms with Crippen molar-refractivity contribution in [3.63, 3.8) is 0 Å². The molecule has 0 bridgehead atoms. The molecule has 0 aromatic carbocycles. The zero-order valence-electron chi connectivity index (χ0n) is 12.0. The van der Waals surface area contributed by atoms with Gasteiger partial charge < -0.3 is 14.9 Å². The van der Waals surface area contributed by atoms with Gasteiger partial charge in [-0.25, -0.2) is 4.98 Å². The molecule has 1 unspecified atom stereocenters. The maximum Gasteiger partial charge on any atom is 0.273 e. The minimum absolute atomic E-state index is 0.135. The van der Waals surface area contributed by atoms with E-state index in [1.807, 2.05) is 0 Å². The summed E-state index contributed by atoms with van der Waals surface area (Å²) in [5, 5.41) is 11.8. The van der Waals surface area contributed by atoms with Crippen molar-refractivity contribution < 1.29 is 9.90 Å². The second kappa shape index (κ2) is 7.12. The summed E-state index contributed by atoms with van der Waals surface area (Å²) in [6, 6.07) is 0. The van der Waals surface area contributed by atoms with Crippen molar-refractivity contribution in [3.05, 3.63) is 16.6 Å². The smallest absolute Gasteiger partial charge is 0.273 e. The van der Waals surface area contributed by atoms with Crippen LogP contribution in [0.4, 0.5) is 0 Å². The molecule has 112 valence electrons. The maximum absolute atomic E-state index is 12.0. The number of hydrogen-bond acceptors (Lipinski definition) is 6. The van der Waals surface area contributed by atoms with Crippen LogP contribution >= 0.6 is 11.3 Å². The van der Waals surface area contributed by atoms with Crippen LogP contribution in [0.5, 0.6) is 0 Å². The molecule has 7 heteroatoms. The first kappa shape index (κ1) is 15.4. The highest BCUT2D eigenvalue weighted by atomic mass is 32.1. The third kappa shape index (κ3) is 4.24. The average molecular weight is 298 g/mol. The lowest BCUT2D eigenvalue weighted by Crippen LogP contribution is -2.49. The van der Waals surface area contributed by atoms with Crippen molar-refractivity contribution in [1.29, 1.82) is 0 Å². The van der Waals surface area contributed by atoms with Crippen molar-refractivity contribution in [2.75, 3.05) is 53.4 Å². The second-order valence-corrected chi connectivity index (χ2v) is 6.04. The number of likely N-dealkylation sites (N-methyl/N-ethyl adjacent to an activating group) is 2. The topological polar surface area (TPSA) is 59.9 Å². The van der Waals surface area contributed by atoms with Gasteiger partial charge >= 0.3 is 0 Å². The van der Waals surface area contributed by atoms with Crippen LogP contribution in [-0.2, 0) is 0 Å². The number of aliphatic hydroxyl groups excluding tert-OH is 1. The van der Waals surface area contributed by atoms with Crippen LogP contribution in [0.2, 0.25) is 0 Å². The summed E-state index contributed by atoms with van der Waals surface area (Å²) in [7, 11) is 3.81. The maximum atomic E-state index is 12.0. The van der Waals surface area contributed by atoms with Gasteiger partial charge in [-0.15, -0.1) is 11.3 Å². The fraction of sp³-hybridized carbons (Fsp3) is 0.692. The zero-order valence-corrected chi connectivity index (χ0v) is 12.8. The number of thiazole rings is 1. The molecular weight excluding hydrogens is 276 g/mol. The molecule has 20 heavy (non-hydrogen) atoms. The predicted molar refractivity (Wildman–Crippen MR) is 79.0 cm³/mol. The molecule has 1 aromatic heterocycles. The molecule has 1 amide bonds. The van der Waals surface area contributed by atoms with Crippen molar-refractivity contribution in [1.82, 2.24) is 19.7 Å². The molecule has 6 nitrogen and oxygen atoms in total. The van der Waals surface area contributed by atoms with Gasteiger partial charge in [-0.3, -0.25) is 9.69 Å². The summed E-state index contributed by atoms with van der Waals surface area (Å²) in [6.45, 7) is 4.94. The van der Waals surface area contributed by atoms with E-state index in [1.54, 1.807) is 17.9 Å². The Hall–Kier alpha value is -1.02. The molecule has 1 aromatic rings. The van der Waals surface area contributed by atoms with Crippen molar-refractivity contribution >= 4 is 17.2 Å². The van der Waals surface area contributed by atoms with Crippen molar-refractivity contribution in [2.24, 2.45) is 0 Å². The Morgan fingerprint density at radius 3 is 2.80 bits per heavy atom. The number of hydrogen-bond donors (Lipinski definition) is 1. The van der Waals surface area contributed by atoms with Crippen molar-refractivity contribution in [2.45, 2.75) is 6.10 Å². The molecule has 0 aliphatic carbocycles. The lowest BCUT2D eigenvalue weighted by molar-refractivity contribution is 0.0499. The van der Waals surface area contributed by atoms with E-state index in [1.165, 1.54) is 16.2 Å². The van der Waals surface area contributed by atoms with E-state index < -0.39 is 6.10 Å². The van der Waals surface area contributed by atoms with E-state index in [9.17, 15) is 9.90 Å². The lowest BCUT2D eigenvalue weighted by Gasteiger charge is -2.34. The van der Waals surface area contributed by atoms with Crippen molar-refractivity contribution in [3.8, 4) is 0 Å². The van der Waals surface area contributed by atoms with E-state index in [2.05, 4.69) is 21.8 Å². The predicted octanol–water partition coefficient (Wildman–Crippen LogP) is -0.177. The molecule has 1 fully saturated rings. The molecule has 1 aliphatic rings. The highest BCUT2D eigenvalue weighted by Crippen LogP contribution is 2.06. The first-order valence-corrected chi connectivity index (χ1v) is 7.73. The Kier molecular flexibility index (Phi) is 5.47. The van der Waals surface area contributed by atoms with E-state index >= 15 is 0 Å². The van der Waals surface area contributed by atoms with Crippen LogP contribution in [0.25, 0.3) is 0 Å². The number of carbonyl (C=O) groups excluding carboxylic acids is 1. The Balaban J connectivity index is 1.76. The average Bonchev–Trinajstić information content (AvgIpc) is 2.94. The normalized spacial score (nSPS) is 18.9. The minimum atomic E-state index is -0.522. The quantitative estimate of drug-likeness (QED) is 0.817. The van der Waals surface area contributed by atoms with Crippen LogP contribution in [0.15, 0.2) is 10.9 Å². The largest absolute Gasteiger partial charge is 0.390 e. The summed E-state index contributed by atoms with van der Waals surface area (Å²) < 4.78 is 0. The summed E-state index contributed by atoms with van der Waals surface area (Å²) >= 11 is 1.40. The molecule has 0 radical (unpaired) electrons. The van der Waals surface area contributed by atoms with Gasteiger partial charge in [0.2, 0.25) is 0 Å². The number of aromatic nitrogens is 1. The first-order chi connectivity index (χ1) is 9.56. The number of carbonyl (C=O) groups is 1. The lowest BCUT2D eigenvalue weighted by atomic mass is 10.2. The van der Waals surface area contributed by atoms with Gasteiger partial charge in [-0.2, -0.15) is 0 Å². The van der Waals surface area contributed by atoms with E-state index in [4.69, 9.17) is 0 Å². The van der Waals surface area contributed by atoms with Crippen LogP contribution in [0.1, 0.15) is 10.5 Å². The molecule has 2 rings (SSSR count). The molecule has 2 heterocycles. The highest BCUT2D eigenvalue weighted by Gasteiger charge is 2.20. The van der Waals surface area contributed by atoms with Gasteiger partial charge in [0, 0.05) is 51.7 Å². The Labute approximate surface area is 123 Å². The molecule has 1 N–H and O–H groups in total. The molecule has 0 spiro atoms. The molecule has 1 atom stereocenters. The van der Waals surface area contributed by atoms with Crippen LogP contribution in [0, 0.1) is 0 Å². The fourth-order valence-electron chi connectivity index (χ4n) is 2.30. The Morgan fingerprint density at radius 1 is 1.50 bits per heavy atom. The Morgan fingerprint density at radius 2 is 2.20 bits per heavy atom. The number of amides is 1. The van der Waals surface area contributed by atoms with Gasteiger partial charge in [0.05, 0.1) is 11.6 Å². The number of nitrogens with zero attached hydrogens (tertiary/aromatic N) is 4. The van der Waals surface area contributed by atoms with Gasteiger partial charge in [0.15, 0.2) is 0 Å². The van der Waals surface area contributed by atoms with E-state index in [0.717, 1.165) is 26.2 Å². The number of rotatable bonds is 5. The number of piperazine rings is 1. The molecule has 1 aliphatic heterocycles. The van der Waals surface area contributed by atoms with Gasteiger partial charge in [-0.05, 0) is 7.05 Å².